The molecule has 0 amide bonds. The van der Waals surface area contributed by atoms with E-state index in [1.165, 1.54) is 13.8 Å². The number of carbonyl (C=O) groups excluding carboxylic acids is 2. The highest BCUT2D eigenvalue weighted by Gasteiger charge is 2.39. The number of hydrogen-bond acceptors (Lipinski definition) is 5. The Hall–Kier alpha value is -2.10. The number of carbonyl (C=O) groups is 2. The molecule has 1 fully saturated rings. The average molecular weight is 413 g/mol. The van der Waals surface area contributed by atoms with Crippen LogP contribution in [0.2, 0.25) is 0 Å². The summed E-state index contributed by atoms with van der Waals surface area (Å²) in [6.07, 6.45) is -4.38. The minimum atomic E-state index is -5.11. The second-order valence-electron chi connectivity index (χ2n) is 5.06. The van der Waals surface area contributed by atoms with Crippen LogP contribution < -0.4 is 4.74 Å². The molecule has 0 saturated carbocycles. The van der Waals surface area contributed by atoms with E-state index < -0.39 is 46.8 Å². The van der Waals surface area contributed by atoms with Gasteiger partial charge < -0.3 is 14.2 Å². The number of esters is 2. The first-order valence-corrected chi connectivity index (χ1v) is 7.11. The van der Waals surface area contributed by atoms with Crippen LogP contribution in [-0.4, -0.2) is 24.1 Å². The molecule has 1 aromatic rings. The lowest BCUT2D eigenvalue weighted by molar-refractivity contribution is -0.275. The maximum atomic E-state index is 14.2. The Morgan fingerprint density at radius 2 is 1.71 bits per heavy atom. The first-order valence-electron chi connectivity index (χ1n) is 6.32. The normalized spacial score (nSPS) is 17.2. The van der Waals surface area contributed by atoms with Crippen LogP contribution in [-0.2, 0) is 19.1 Å². The van der Waals surface area contributed by atoms with Crippen molar-refractivity contribution in [3.05, 3.63) is 33.6 Å². The molecule has 10 heteroatoms. The summed E-state index contributed by atoms with van der Waals surface area (Å²) >= 11 is 2.92. The van der Waals surface area contributed by atoms with E-state index in [0.717, 1.165) is 18.2 Å². The largest absolute Gasteiger partial charge is 0.573 e. The van der Waals surface area contributed by atoms with Gasteiger partial charge in [-0.1, -0.05) is 15.9 Å². The number of alkyl halides is 3. The van der Waals surface area contributed by atoms with Crippen molar-refractivity contribution in [2.75, 3.05) is 0 Å². The molecular weight excluding hydrogens is 404 g/mol. The van der Waals surface area contributed by atoms with Crippen molar-refractivity contribution < 1.29 is 41.4 Å². The topological polar surface area (TPSA) is 61.8 Å². The molecule has 5 nitrogen and oxygen atoms in total. The Bertz CT molecular complexity index is 717. The van der Waals surface area contributed by atoms with Crippen LogP contribution in [0.25, 0.3) is 6.08 Å². The van der Waals surface area contributed by atoms with Crippen LogP contribution in [0.4, 0.5) is 17.6 Å². The highest BCUT2D eigenvalue weighted by Crippen LogP contribution is 2.34. The summed E-state index contributed by atoms with van der Waals surface area (Å²) in [4.78, 5) is 23.6. The zero-order chi connectivity index (χ0) is 18.3. The predicted molar refractivity (Wildman–Crippen MR) is 75.0 cm³/mol. The second-order valence-corrected chi connectivity index (χ2v) is 5.91. The highest BCUT2D eigenvalue weighted by atomic mass is 79.9. The van der Waals surface area contributed by atoms with E-state index in [-0.39, 0.29) is 4.47 Å². The first-order chi connectivity index (χ1) is 10.9. The van der Waals surface area contributed by atoms with E-state index in [0.29, 0.717) is 0 Å². The summed E-state index contributed by atoms with van der Waals surface area (Å²) < 4.78 is 64.2. The van der Waals surface area contributed by atoms with Crippen LogP contribution in [0.3, 0.4) is 0 Å². The van der Waals surface area contributed by atoms with Crippen LogP contribution >= 0.6 is 15.9 Å². The summed E-state index contributed by atoms with van der Waals surface area (Å²) in [5.41, 5.74) is -1.17. The predicted octanol–water partition coefficient (Wildman–Crippen LogP) is 3.71. The fraction of sp³-hybridized carbons (Fsp3) is 0.286. The maximum absolute atomic E-state index is 14.2. The van der Waals surface area contributed by atoms with Gasteiger partial charge in [-0.2, -0.15) is 0 Å². The molecule has 24 heavy (non-hydrogen) atoms. The SMILES string of the molecule is CC1(C)OC(=O)C(=Cc2c(Br)ccc(OC(F)(F)F)c2F)C(=O)O1. The van der Waals surface area contributed by atoms with Gasteiger partial charge in [-0.15, -0.1) is 13.2 Å². The van der Waals surface area contributed by atoms with Crippen LogP contribution in [0.15, 0.2) is 22.2 Å². The molecule has 0 unspecified atom stereocenters. The van der Waals surface area contributed by atoms with Gasteiger partial charge in [0.25, 0.3) is 5.79 Å². The number of rotatable bonds is 2. The Labute approximate surface area is 141 Å². The summed E-state index contributed by atoms with van der Waals surface area (Å²) in [5.74, 6) is -6.22. The zero-order valence-electron chi connectivity index (χ0n) is 12.2. The average Bonchev–Trinajstić information content (AvgIpc) is 2.38. The van der Waals surface area contributed by atoms with Gasteiger partial charge in [0.15, 0.2) is 11.6 Å². The van der Waals surface area contributed by atoms with Gasteiger partial charge in [0, 0.05) is 23.9 Å². The van der Waals surface area contributed by atoms with Crippen molar-refractivity contribution >= 4 is 33.9 Å². The Kier molecular flexibility index (Phi) is 4.62. The lowest BCUT2D eigenvalue weighted by Gasteiger charge is -2.29. The smallest absolute Gasteiger partial charge is 0.419 e. The van der Waals surface area contributed by atoms with Crippen LogP contribution in [0.5, 0.6) is 5.75 Å². The molecule has 0 aliphatic carbocycles. The van der Waals surface area contributed by atoms with Gasteiger partial charge in [-0.3, -0.25) is 0 Å². The van der Waals surface area contributed by atoms with E-state index in [9.17, 15) is 27.2 Å². The molecule has 1 saturated heterocycles. The number of hydrogen-bond donors (Lipinski definition) is 0. The summed E-state index contributed by atoms with van der Waals surface area (Å²) in [7, 11) is 0. The molecule has 0 spiro atoms. The molecule has 0 radical (unpaired) electrons. The number of cyclic esters (lactones) is 2. The monoisotopic (exact) mass is 412 g/mol. The molecule has 1 aliphatic rings. The Balaban J connectivity index is 2.47. The van der Waals surface area contributed by atoms with Crippen molar-refractivity contribution in [1.29, 1.82) is 0 Å². The van der Waals surface area contributed by atoms with Gasteiger partial charge in [-0.25, -0.2) is 14.0 Å². The van der Waals surface area contributed by atoms with E-state index in [1.807, 2.05) is 0 Å². The number of ether oxygens (including phenoxy) is 3. The minimum Gasteiger partial charge on any atom is -0.419 e. The molecule has 1 aliphatic heterocycles. The lowest BCUT2D eigenvalue weighted by Crippen LogP contribution is -2.41. The van der Waals surface area contributed by atoms with E-state index >= 15 is 0 Å². The lowest BCUT2D eigenvalue weighted by atomic mass is 10.1. The minimum absolute atomic E-state index is 0.00698. The van der Waals surface area contributed by atoms with Crippen LogP contribution in [0.1, 0.15) is 19.4 Å². The Morgan fingerprint density at radius 3 is 2.21 bits per heavy atom. The van der Waals surface area contributed by atoms with Gasteiger partial charge in [-0.05, 0) is 18.2 Å². The molecule has 1 aromatic carbocycles. The van der Waals surface area contributed by atoms with Gasteiger partial charge in [0.2, 0.25) is 0 Å². The molecule has 0 N–H and O–H groups in total. The molecule has 130 valence electrons. The molecular formula is C14H9BrF4O5. The van der Waals surface area contributed by atoms with Crippen molar-refractivity contribution in [3.63, 3.8) is 0 Å². The summed E-state index contributed by atoms with van der Waals surface area (Å²) in [5, 5.41) is 0. The van der Waals surface area contributed by atoms with Crippen LogP contribution in [0, 0.1) is 5.82 Å². The van der Waals surface area contributed by atoms with Gasteiger partial charge in [0.1, 0.15) is 5.57 Å². The van der Waals surface area contributed by atoms with Crippen molar-refractivity contribution in [3.8, 4) is 5.75 Å². The first kappa shape index (κ1) is 18.2. The van der Waals surface area contributed by atoms with Gasteiger partial charge >= 0.3 is 18.3 Å². The third-order valence-electron chi connectivity index (χ3n) is 2.72. The number of benzene rings is 1. The fourth-order valence-electron chi connectivity index (χ4n) is 1.81. The molecule has 1 heterocycles. The van der Waals surface area contributed by atoms with Crippen molar-refractivity contribution in [2.24, 2.45) is 0 Å². The van der Waals surface area contributed by atoms with E-state index in [1.54, 1.807) is 0 Å². The second kappa shape index (κ2) is 6.08. The molecule has 2 rings (SSSR count). The zero-order valence-corrected chi connectivity index (χ0v) is 13.7. The molecule has 0 aromatic heterocycles. The van der Waals surface area contributed by atoms with Crippen molar-refractivity contribution in [2.45, 2.75) is 26.0 Å². The third kappa shape index (κ3) is 4.05. The fourth-order valence-corrected chi connectivity index (χ4v) is 2.23. The highest BCUT2D eigenvalue weighted by molar-refractivity contribution is 9.10. The standard InChI is InChI=1S/C14H9BrF4O5/c1-13(2)23-11(20)7(12(21)24-13)5-6-8(15)3-4-9(10(6)16)22-14(17,18)19/h3-5H,1-2H3. The third-order valence-corrected chi connectivity index (χ3v) is 3.41. The quantitative estimate of drug-likeness (QED) is 0.320. The van der Waals surface area contributed by atoms with E-state index in [2.05, 4.69) is 20.7 Å². The number of halogens is 5. The summed E-state index contributed by atoms with van der Waals surface area (Å²) in [6, 6.07) is 1.81. The maximum Gasteiger partial charge on any atom is 0.573 e. The summed E-state index contributed by atoms with van der Waals surface area (Å²) in [6.45, 7) is 2.63. The molecule has 0 atom stereocenters. The van der Waals surface area contributed by atoms with E-state index in [4.69, 9.17) is 9.47 Å². The Morgan fingerprint density at radius 1 is 1.17 bits per heavy atom. The molecule has 0 bridgehead atoms. The van der Waals surface area contributed by atoms with Gasteiger partial charge in [0.05, 0.1) is 0 Å². The van der Waals surface area contributed by atoms with Crippen molar-refractivity contribution in [1.82, 2.24) is 0 Å².